The number of halogens is 1. The highest BCUT2D eigenvalue weighted by Gasteiger charge is 2.10. The molecule has 2 N–H and O–H groups in total. The molecule has 18 heavy (non-hydrogen) atoms. The van der Waals surface area contributed by atoms with E-state index in [-0.39, 0.29) is 0 Å². The van der Waals surface area contributed by atoms with Crippen molar-refractivity contribution in [2.75, 3.05) is 17.2 Å². The van der Waals surface area contributed by atoms with E-state index >= 15 is 0 Å². The van der Waals surface area contributed by atoms with E-state index in [1.54, 1.807) is 6.20 Å². The fraction of sp³-hybridized carbons (Fsp3) is 0.692. The largest absolute Gasteiger partial charge is 0.366 e. The Morgan fingerprint density at radius 2 is 2.06 bits per heavy atom. The van der Waals surface area contributed by atoms with Gasteiger partial charge in [0.05, 0.1) is 6.20 Å². The molecule has 0 spiro atoms. The first-order valence-corrected chi connectivity index (χ1v) is 6.93. The maximum atomic E-state index is 6.10. The molecule has 4 nitrogen and oxygen atoms in total. The maximum Gasteiger partial charge on any atom is 0.224 e. The van der Waals surface area contributed by atoms with Crippen LogP contribution in [-0.2, 0) is 0 Å². The summed E-state index contributed by atoms with van der Waals surface area (Å²) < 4.78 is 0. The Morgan fingerprint density at radius 1 is 1.33 bits per heavy atom. The van der Waals surface area contributed by atoms with Gasteiger partial charge in [0, 0.05) is 12.6 Å². The van der Waals surface area contributed by atoms with Crippen molar-refractivity contribution in [1.29, 1.82) is 0 Å². The van der Waals surface area contributed by atoms with Crippen molar-refractivity contribution in [1.82, 2.24) is 9.97 Å². The van der Waals surface area contributed by atoms with Gasteiger partial charge in [-0.2, -0.15) is 4.98 Å². The summed E-state index contributed by atoms with van der Waals surface area (Å²) in [5.41, 5.74) is 0. The smallest absolute Gasteiger partial charge is 0.224 e. The standard InChI is InChI=1S/C13H23ClN4/c1-5-6-15-13-16-8-11(14)12(18-13)17-10(4)7-9(2)3/h8-10H,5-7H2,1-4H3,(H2,15,16,17,18). The van der Waals surface area contributed by atoms with Crippen LogP contribution >= 0.6 is 11.6 Å². The monoisotopic (exact) mass is 270 g/mol. The average Bonchev–Trinajstić information content (AvgIpc) is 2.29. The number of nitrogens with one attached hydrogen (secondary N) is 2. The van der Waals surface area contributed by atoms with Crippen LogP contribution in [0.15, 0.2) is 6.20 Å². The molecule has 0 radical (unpaired) electrons. The number of anilines is 2. The first-order chi connectivity index (χ1) is 8.52. The lowest BCUT2D eigenvalue weighted by Gasteiger charge is -2.17. The SMILES string of the molecule is CCCNc1ncc(Cl)c(NC(C)CC(C)C)n1. The second kappa shape index (κ2) is 7.41. The summed E-state index contributed by atoms with van der Waals surface area (Å²) in [6.07, 6.45) is 3.76. The van der Waals surface area contributed by atoms with Gasteiger partial charge in [-0.05, 0) is 25.7 Å². The van der Waals surface area contributed by atoms with Crippen molar-refractivity contribution in [3.05, 3.63) is 11.2 Å². The van der Waals surface area contributed by atoms with Crippen LogP contribution in [0.3, 0.4) is 0 Å². The summed E-state index contributed by atoms with van der Waals surface area (Å²) in [6, 6.07) is 0.344. The van der Waals surface area contributed by atoms with Crippen molar-refractivity contribution >= 4 is 23.4 Å². The number of aromatic nitrogens is 2. The van der Waals surface area contributed by atoms with Gasteiger partial charge in [-0.1, -0.05) is 32.4 Å². The van der Waals surface area contributed by atoms with E-state index in [1.165, 1.54) is 0 Å². The second-order valence-corrected chi connectivity index (χ2v) is 5.40. The molecule has 0 aliphatic rings. The van der Waals surface area contributed by atoms with Crippen LogP contribution in [0.4, 0.5) is 11.8 Å². The molecular weight excluding hydrogens is 248 g/mol. The van der Waals surface area contributed by atoms with E-state index in [4.69, 9.17) is 11.6 Å². The quantitative estimate of drug-likeness (QED) is 0.791. The lowest BCUT2D eigenvalue weighted by molar-refractivity contribution is 0.539. The molecule has 1 heterocycles. The molecule has 1 atom stereocenters. The zero-order valence-corrected chi connectivity index (χ0v) is 12.4. The molecule has 0 bridgehead atoms. The Morgan fingerprint density at radius 3 is 2.67 bits per heavy atom. The van der Waals surface area contributed by atoms with E-state index in [2.05, 4.69) is 48.3 Å². The van der Waals surface area contributed by atoms with Gasteiger partial charge in [-0.3, -0.25) is 0 Å². The molecule has 0 aliphatic carbocycles. The van der Waals surface area contributed by atoms with Crippen LogP contribution in [0.25, 0.3) is 0 Å². The Balaban J connectivity index is 2.68. The Kier molecular flexibility index (Phi) is 6.19. The zero-order valence-electron chi connectivity index (χ0n) is 11.6. The van der Waals surface area contributed by atoms with E-state index in [1.807, 2.05) is 0 Å². The van der Waals surface area contributed by atoms with E-state index in [9.17, 15) is 0 Å². The Labute approximate surface area is 115 Å². The normalized spacial score (nSPS) is 12.6. The highest BCUT2D eigenvalue weighted by molar-refractivity contribution is 6.32. The summed E-state index contributed by atoms with van der Waals surface area (Å²) >= 11 is 6.10. The first kappa shape index (κ1) is 15.0. The van der Waals surface area contributed by atoms with Gasteiger partial charge in [0.25, 0.3) is 0 Å². The summed E-state index contributed by atoms with van der Waals surface area (Å²) in [5.74, 6) is 1.98. The number of hydrogen-bond donors (Lipinski definition) is 2. The molecule has 0 fully saturated rings. The number of hydrogen-bond acceptors (Lipinski definition) is 4. The predicted molar refractivity (Wildman–Crippen MR) is 78.4 cm³/mol. The highest BCUT2D eigenvalue weighted by Crippen LogP contribution is 2.21. The lowest BCUT2D eigenvalue weighted by atomic mass is 10.1. The van der Waals surface area contributed by atoms with E-state index in [0.29, 0.717) is 28.7 Å². The van der Waals surface area contributed by atoms with Crippen LogP contribution in [0, 0.1) is 5.92 Å². The van der Waals surface area contributed by atoms with Gasteiger partial charge in [0.15, 0.2) is 5.82 Å². The molecule has 0 aromatic carbocycles. The molecule has 1 aromatic heterocycles. The summed E-state index contributed by atoms with van der Waals surface area (Å²) in [6.45, 7) is 9.51. The molecule has 5 heteroatoms. The third-order valence-corrected chi connectivity index (χ3v) is 2.76. The van der Waals surface area contributed by atoms with Crippen LogP contribution in [0.1, 0.15) is 40.5 Å². The van der Waals surface area contributed by atoms with Crippen molar-refractivity contribution in [3.63, 3.8) is 0 Å². The van der Waals surface area contributed by atoms with Gasteiger partial charge in [-0.15, -0.1) is 0 Å². The third kappa shape index (κ3) is 5.08. The molecule has 1 aromatic rings. The van der Waals surface area contributed by atoms with Crippen LogP contribution in [-0.4, -0.2) is 22.6 Å². The molecule has 0 saturated carbocycles. The van der Waals surface area contributed by atoms with Gasteiger partial charge in [-0.25, -0.2) is 4.98 Å². The second-order valence-electron chi connectivity index (χ2n) is 4.99. The number of nitrogens with zero attached hydrogens (tertiary/aromatic N) is 2. The molecule has 102 valence electrons. The van der Waals surface area contributed by atoms with Gasteiger partial charge < -0.3 is 10.6 Å². The lowest BCUT2D eigenvalue weighted by Crippen LogP contribution is -2.19. The van der Waals surface area contributed by atoms with Crippen LogP contribution in [0.5, 0.6) is 0 Å². The molecule has 1 unspecified atom stereocenters. The van der Waals surface area contributed by atoms with Crippen LogP contribution < -0.4 is 10.6 Å². The fourth-order valence-electron chi connectivity index (χ4n) is 1.79. The van der Waals surface area contributed by atoms with Crippen LogP contribution in [0.2, 0.25) is 5.02 Å². The first-order valence-electron chi connectivity index (χ1n) is 6.55. The predicted octanol–water partition coefficient (Wildman–Crippen LogP) is 3.80. The van der Waals surface area contributed by atoms with Crippen molar-refractivity contribution in [2.24, 2.45) is 5.92 Å². The van der Waals surface area contributed by atoms with Crippen molar-refractivity contribution in [3.8, 4) is 0 Å². The molecule has 0 amide bonds. The molecule has 0 saturated heterocycles. The summed E-state index contributed by atoms with van der Waals surface area (Å²) in [7, 11) is 0. The topological polar surface area (TPSA) is 49.8 Å². The minimum atomic E-state index is 0.344. The van der Waals surface area contributed by atoms with Gasteiger partial charge >= 0.3 is 0 Å². The fourth-order valence-corrected chi connectivity index (χ4v) is 1.94. The zero-order chi connectivity index (χ0) is 13.5. The maximum absolute atomic E-state index is 6.10. The minimum Gasteiger partial charge on any atom is -0.366 e. The van der Waals surface area contributed by atoms with Crippen molar-refractivity contribution in [2.45, 2.75) is 46.6 Å². The number of rotatable bonds is 7. The van der Waals surface area contributed by atoms with Gasteiger partial charge in [0.1, 0.15) is 5.02 Å². The summed E-state index contributed by atoms with van der Waals surface area (Å²) in [5, 5.41) is 7.05. The molecule has 1 rings (SSSR count). The minimum absolute atomic E-state index is 0.344. The van der Waals surface area contributed by atoms with E-state index in [0.717, 1.165) is 19.4 Å². The van der Waals surface area contributed by atoms with Crippen molar-refractivity contribution < 1.29 is 0 Å². The molecular formula is C13H23ClN4. The van der Waals surface area contributed by atoms with Gasteiger partial charge in [0.2, 0.25) is 5.95 Å². The third-order valence-electron chi connectivity index (χ3n) is 2.49. The Bertz CT molecular complexity index is 368. The Hall–Kier alpha value is -1.03. The molecule has 0 aliphatic heterocycles. The van der Waals surface area contributed by atoms with E-state index < -0.39 is 0 Å². The average molecular weight is 271 g/mol. The highest BCUT2D eigenvalue weighted by atomic mass is 35.5. The summed E-state index contributed by atoms with van der Waals surface area (Å²) in [4.78, 5) is 8.54.